The summed E-state index contributed by atoms with van der Waals surface area (Å²) in [5.74, 6) is -0.0516. The van der Waals surface area contributed by atoms with E-state index in [1.165, 1.54) is 12.1 Å². The molecule has 1 saturated heterocycles. The lowest BCUT2D eigenvalue weighted by molar-refractivity contribution is 0.102. The molecule has 198 valence electrons. The van der Waals surface area contributed by atoms with Crippen LogP contribution in [0, 0.1) is 5.82 Å². The Morgan fingerprint density at radius 1 is 1.05 bits per heavy atom. The molecule has 3 N–H and O–H groups in total. The monoisotopic (exact) mass is 516 g/mol. The molecule has 1 aliphatic rings. The molecule has 3 aromatic carbocycles. The quantitative estimate of drug-likeness (QED) is 0.287. The van der Waals surface area contributed by atoms with E-state index in [0.29, 0.717) is 31.0 Å². The van der Waals surface area contributed by atoms with Crippen molar-refractivity contribution >= 4 is 34.0 Å². The summed E-state index contributed by atoms with van der Waals surface area (Å²) in [7, 11) is 3.78. The first kappa shape index (κ1) is 25.7. The molecular formula is C29H33FN6O2. The summed E-state index contributed by atoms with van der Waals surface area (Å²) in [5, 5.41) is 14.5. The third-order valence-electron chi connectivity index (χ3n) is 6.89. The average molecular weight is 517 g/mol. The predicted molar refractivity (Wildman–Crippen MR) is 150 cm³/mol. The van der Waals surface area contributed by atoms with Gasteiger partial charge in [-0.2, -0.15) is 5.10 Å². The SMILES string of the molecule is COCCNc1cc(N2CCN(C)CC2)ccc1C(=O)Nc1n[nH]c2ccc(Cc3cccc(F)c3)cc12. The van der Waals surface area contributed by atoms with Crippen LogP contribution in [-0.2, 0) is 11.2 Å². The molecule has 0 unspecified atom stereocenters. The molecular weight excluding hydrogens is 483 g/mol. The molecule has 0 spiro atoms. The van der Waals surface area contributed by atoms with Crippen molar-refractivity contribution < 1.29 is 13.9 Å². The molecule has 0 atom stereocenters. The number of carbonyl (C=O) groups excluding carboxylic acids is 1. The third kappa shape index (κ3) is 5.95. The number of nitrogens with zero attached hydrogens (tertiary/aromatic N) is 3. The van der Waals surface area contributed by atoms with Crippen LogP contribution in [0.5, 0.6) is 0 Å². The van der Waals surface area contributed by atoms with E-state index in [0.717, 1.165) is 59.6 Å². The van der Waals surface area contributed by atoms with Gasteiger partial charge in [-0.3, -0.25) is 9.89 Å². The fourth-order valence-corrected chi connectivity index (χ4v) is 4.75. The number of hydrogen-bond acceptors (Lipinski definition) is 6. The molecule has 0 saturated carbocycles. The van der Waals surface area contributed by atoms with E-state index in [4.69, 9.17) is 4.74 Å². The number of likely N-dealkylation sites (N-methyl/N-ethyl adjacent to an activating group) is 1. The Morgan fingerprint density at radius 2 is 1.87 bits per heavy atom. The zero-order chi connectivity index (χ0) is 26.5. The van der Waals surface area contributed by atoms with Crippen LogP contribution in [0.3, 0.4) is 0 Å². The van der Waals surface area contributed by atoms with Gasteiger partial charge in [0.25, 0.3) is 5.91 Å². The number of amides is 1. The molecule has 8 nitrogen and oxygen atoms in total. The van der Waals surface area contributed by atoms with Gasteiger partial charge in [-0.1, -0.05) is 18.2 Å². The van der Waals surface area contributed by atoms with Crippen LogP contribution in [-0.4, -0.2) is 74.5 Å². The largest absolute Gasteiger partial charge is 0.383 e. The van der Waals surface area contributed by atoms with Crippen molar-refractivity contribution in [3.05, 3.63) is 83.2 Å². The molecule has 1 aliphatic heterocycles. The number of halogens is 1. The normalized spacial score (nSPS) is 14.1. The number of piperazine rings is 1. The Morgan fingerprint density at radius 3 is 2.66 bits per heavy atom. The van der Waals surface area contributed by atoms with Crippen molar-refractivity contribution in [1.29, 1.82) is 0 Å². The van der Waals surface area contributed by atoms with Crippen LogP contribution < -0.4 is 15.5 Å². The van der Waals surface area contributed by atoms with Crippen LogP contribution in [0.15, 0.2) is 60.7 Å². The van der Waals surface area contributed by atoms with E-state index in [1.807, 2.05) is 42.5 Å². The second kappa shape index (κ2) is 11.6. The highest BCUT2D eigenvalue weighted by atomic mass is 19.1. The zero-order valence-corrected chi connectivity index (χ0v) is 21.8. The lowest BCUT2D eigenvalue weighted by atomic mass is 10.0. The lowest BCUT2D eigenvalue weighted by Crippen LogP contribution is -2.44. The van der Waals surface area contributed by atoms with Gasteiger partial charge < -0.3 is 25.2 Å². The van der Waals surface area contributed by atoms with E-state index in [-0.39, 0.29) is 11.7 Å². The van der Waals surface area contributed by atoms with E-state index in [2.05, 4.69) is 37.7 Å². The van der Waals surface area contributed by atoms with Crippen molar-refractivity contribution in [2.45, 2.75) is 6.42 Å². The minimum absolute atomic E-state index is 0.251. The predicted octanol–water partition coefficient (Wildman–Crippen LogP) is 4.36. The molecule has 0 radical (unpaired) electrons. The molecule has 4 aromatic rings. The molecule has 5 rings (SSSR count). The fourth-order valence-electron chi connectivity index (χ4n) is 4.75. The van der Waals surface area contributed by atoms with E-state index in [1.54, 1.807) is 13.2 Å². The van der Waals surface area contributed by atoms with E-state index >= 15 is 0 Å². The summed E-state index contributed by atoms with van der Waals surface area (Å²) in [6.07, 6.45) is 0.577. The Hall–Kier alpha value is -3.95. The van der Waals surface area contributed by atoms with Crippen LogP contribution in [0.25, 0.3) is 10.9 Å². The molecule has 1 aromatic heterocycles. The number of nitrogens with one attached hydrogen (secondary N) is 3. The van der Waals surface area contributed by atoms with Gasteiger partial charge in [0.1, 0.15) is 5.82 Å². The van der Waals surface area contributed by atoms with E-state index < -0.39 is 0 Å². The first-order chi connectivity index (χ1) is 18.5. The number of H-pyrrole nitrogens is 1. The zero-order valence-electron chi connectivity index (χ0n) is 21.8. The molecule has 0 bridgehead atoms. The van der Waals surface area contributed by atoms with Crippen molar-refractivity contribution in [3.8, 4) is 0 Å². The summed E-state index contributed by atoms with van der Waals surface area (Å²) in [4.78, 5) is 18.1. The second-order valence-corrected chi connectivity index (χ2v) is 9.65. The Bertz CT molecular complexity index is 1410. The van der Waals surface area contributed by atoms with Crippen LogP contribution >= 0.6 is 0 Å². The summed E-state index contributed by atoms with van der Waals surface area (Å²) in [6, 6.07) is 18.4. The van der Waals surface area contributed by atoms with Crippen molar-refractivity contribution in [2.24, 2.45) is 0 Å². The van der Waals surface area contributed by atoms with Crippen LogP contribution in [0.2, 0.25) is 0 Å². The highest BCUT2D eigenvalue weighted by molar-refractivity contribution is 6.11. The van der Waals surface area contributed by atoms with Gasteiger partial charge in [-0.15, -0.1) is 0 Å². The fraction of sp³-hybridized carbons (Fsp3) is 0.310. The maximum absolute atomic E-state index is 13.6. The molecule has 38 heavy (non-hydrogen) atoms. The van der Waals surface area contributed by atoms with Gasteiger partial charge in [0.15, 0.2) is 5.82 Å². The Labute approximate surface area is 221 Å². The van der Waals surface area contributed by atoms with E-state index in [9.17, 15) is 9.18 Å². The van der Waals surface area contributed by atoms with Crippen LogP contribution in [0.1, 0.15) is 21.5 Å². The first-order valence-corrected chi connectivity index (χ1v) is 12.8. The number of rotatable bonds is 9. The number of ether oxygens (including phenoxy) is 1. The summed E-state index contributed by atoms with van der Waals surface area (Å²) in [6.45, 7) is 4.99. The number of aromatic nitrogens is 2. The van der Waals surface area contributed by atoms with Crippen molar-refractivity contribution in [1.82, 2.24) is 15.1 Å². The maximum Gasteiger partial charge on any atom is 0.258 e. The number of benzene rings is 3. The van der Waals surface area contributed by atoms with Crippen molar-refractivity contribution in [2.75, 3.05) is 69.0 Å². The van der Waals surface area contributed by atoms with Gasteiger partial charge in [0, 0.05) is 56.6 Å². The average Bonchev–Trinajstić information content (AvgIpc) is 3.31. The van der Waals surface area contributed by atoms with Gasteiger partial charge in [-0.25, -0.2) is 4.39 Å². The third-order valence-corrected chi connectivity index (χ3v) is 6.89. The lowest BCUT2D eigenvalue weighted by Gasteiger charge is -2.34. The van der Waals surface area contributed by atoms with Crippen LogP contribution in [0.4, 0.5) is 21.6 Å². The number of aromatic amines is 1. The molecule has 0 aliphatic carbocycles. The smallest absolute Gasteiger partial charge is 0.258 e. The molecule has 2 heterocycles. The van der Waals surface area contributed by atoms with Crippen molar-refractivity contribution in [3.63, 3.8) is 0 Å². The highest BCUT2D eigenvalue weighted by Crippen LogP contribution is 2.28. The van der Waals surface area contributed by atoms with Gasteiger partial charge in [-0.05, 0) is 67.1 Å². The molecule has 1 amide bonds. The highest BCUT2D eigenvalue weighted by Gasteiger charge is 2.19. The molecule has 9 heteroatoms. The topological polar surface area (TPSA) is 85.5 Å². The van der Waals surface area contributed by atoms with Gasteiger partial charge in [0.2, 0.25) is 0 Å². The van der Waals surface area contributed by atoms with Gasteiger partial charge >= 0.3 is 0 Å². The molecule has 1 fully saturated rings. The number of anilines is 3. The number of methoxy groups -OCH3 is 1. The minimum Gasteiger partial charge on any atom is -0.383 e. The Balaban J connectivity index is 1.37. The number of hydrogen-bond donors (Lipinski definition) is 3. The summed E-state index contributed by atoms with van der Waals surface area (Å²) in [5.41, 5.74) is 5.06. The summed E-state index contributed by atoms with van der Waals surface area (Å²) < 4.78 is 18.8. The standard InChI is InChI=1S/C29H33FN6O2/c1-35-11-13-36(14-12-35)23-7-8-24(27(19-23)31-10-15-38-2)29(37)32-28-25-18-21(6-9-26(25)33-34-28)16-20-4-3-5-22(30)17-20/h3-9,17-19,31H,10-16H2,1-2H3,(H2,32,33,34,37). The minimum atomic E-state index is -0.256. The first-order valence-electron chi connectivity index (χ1n) is 12.8. The Kier molecular flexibility index (Phi) is 7.86. The second-order valence-electron chi connectivity index (χ2n) is 9.65. The van der Waals surface area contributed by atoms with Gasteiger partial charge in [0.05, 0.1) is 17.7 Å². The number of fused-ring (bicyclic) bond motifs is 1. The number of carbonyl (C=O) groups is 1. The summed E-state index contributed by atoms with van der Waals surface area (Å²) >= 11 is 0. The maximum atomic E-state index is 13.6.